The van der Waals surface area contributed by atoms with Gasteiger partial charge in [-0.05, 0) is 55.0 Å². The van der Waals surface area contributed by atoms with E-state index in [2.05, 4.69) is 70.1 Å². The van der Waals surface area contributed by atoms with Crippen LogP contribution in [-0.2, 0) is 13.1 Å². The van der Waals surface area contributed by atoms with Gasteiger partial charge in [-0.25, -0.2) is 0 Å². The van der Waals surface area contributed by atoms with Gasteiger partial charge in [-0.1, -0.05) is 32.8 Å². The molecular weight excluding hydrogens is 424 g/mol. The zero-order chi connectivity index (χ0) is 23.8. The van der Waals surface area contributed by atoms with E-state index >= 15 is 0 Å². The molecule has 0 spiro atoms. The predicted octanol–water partition coefficient (Wildman–Crippen LogP) is 5.26. The summed E-state index contributed by atoms with van der Waals surface area (Å²) in [6, 6.07) is 9.26. The minimum Gasteiger partial charge on any atom is -0.338 e. The second-order valence-electron chi connectivity index (χ2n) is 10.3. The highest BCUT2D eigenvalue weighted by atomic mass is 16.1. The molecule has 1 saturated carbocycles. The molecular formula is C27H36N6O. The number of fused-ring (bicyclic) bond motifs is 2. The van der Waals surface area contributed by atoms with Crippen LogP contribution in [0.25, 0.3) is 10.9 Å². The first-order valence-corrected chi connectivity index (χ1v) is 12.6. The Morgan fingerprint density at radius 2 is 1.94 bits per heavy atom. The maximum atomic E-state index is 12.9. The third kappa shape index (κ3) is 4.17. The molecule has 1 aliphatic heterocycles. The summed E-state index contributed by atoms with van der Waals surface area (Å²) >= 11 is 0. The highest BCUT2D eigenvalue weighted by Crippen LogP contribution is 2.37. The van der Waals surface area contributed by atoms with Crippen LogP contribution < -0.4 is 10.9 Å². The lowest BCUT2D eigenvalue weighted by Crippen LogP contribution is -2.32. The van der Waals surface area contributed by atoms with Crippen molar-refractivity contribution < 1.29 is 0 Å². The molecule has 0 bridgehead atoms. The zero-order valence-electron chi connectivity index (χ0n) is 20.7. The van der Waals surface area contributed by atoms with E-state index in [0.29, 0.717) is 29.1 Å². The molecule has 3 aromatic rings. The predicted molar refractivity (Wildman–Crippen MR) is 139 cm³/mol. The fourth-order valence-corrected chi connectivity index (χ4v) is 5.59. The van der Waals surface area contributed by atoms with Crippen molar-refractivity contribution in [2.75, 3.05) is 12.4 Å². The number of benzene rings is 1. The van der Waals surface area contributed by atoms with Gasteiger partial charge in [0.05, 0.1) is 11.6 Å². The van der Waals surface area contributed by atoms with Gasteiger partial charge < -0.3 is 15.3 Å². The van der Waals surface area contributed by atoms with Crippen molar-refractivity contribution in [3.8, 4) is 0 Å². The minimum absolute atomic E-state index is 0.110. The number of aliphatic imine (C=N–C) groups is 1. The van der Waals surface area contributed by atoms with E-state index in [1.165, 1.54) is 24.0 Å². The first-order valence-electron chi connectivity index (χ1n) is 12.6. The molecule has 1 aromatic carbocycles. The Labute approximate surface area is 201 Å². The number of pyridine rings is 1. The van der Waals surface area contributed by atoms with Crippen molar-refractivity contribution in [2.24, 2.45) is 16.8 Å². The molecule has 1 fully saturated rings. The molecule has 0 radical (unpaired) electrons. The summed E-state index contributed by atoms with van der Waals surface area (Å²) in [6.45, 7) is 8.82. The normalized spacial score (nSPS) is 22.0. The molecule has 5 rings (SSSR count). The molecule has 0 amide bonds. The van der Waals surface area contributed by atoms with Crippen molar-refractivity contribution in [3.63, 3.8) is 0 Å². The van der Waals surface area contributed by atoms with Crippen LogP contribution in [0.2, 0.25) is 0 Å². The van der Waals surface area contributed by atoms with Gasteiger partial charge >= 0.3 is 0 Å². The Kier molecular flexibility index (Phi) is 6.30. The topological polar surface area (TPSA) is 78.3 Å². The average molecular weight is 461 g/mol. The number of nitrogens with zero attached hydrogens (tertiary/aromatic N) is 4. The van der Waals surface area contributed by atoms with Crippen LogP contribution in [0.5, 0.6) is 0 Å². The zero-order valence-corrected chi connectivity index (χ0v) is 20.7. The summed E-state index contributed by atoms with van der Waals surface area (Å²) in [5.74, 6) is 1.58. The monoisotopic (exact) mass is 460 g/mol. The smallest absolute Gasteiger partial charge is 0.261 e. The van der Waals surface area contributed by atoms with Crippen LogP contribution >= 0.6 is 0 Å². The number of rotatable bonds is 6. The summed E-state index contributed by atoms with van der Waals surface area (Å²) in [4.78, 5) is 22.6. The van der Waals surface area contributed by atoms with Crippen LogP contribution in [-0.4, -0.2) is 39.0 Å². The highest BCUT2D eigenvalue weighted by Gasteiger charge is 2.29. The van der Waals surface area contributed by atoms with Crippen LogP contribution in [0.15, 0.2) is 40.2 Å². The third-order valence-electron chi connectivity index (χ3n) is 7.82. The Morgan fingerprint density at radius 3 is 2.74 bits per heavy atom. The molecule has 3 heterocycles. The van der Waals surface area contributed by atoms with E-state index in [-0.39, 0.29) is 11.6 Å². The van der Waals surface area contributed by atoms with Gasteiger partial charge in [0.15, 0.2) is 5.82 Å². The van der Waals surface area contributed by atoms with Crippen molar-refractivity contribution in [2.45, 2.75) is 71.6 Å². The Balaban J connectivity index is 1.48. The third-order valence-corrected chi connectivity index (χ3v) is 7.82. The first-order chi connectivity index (χ1) is 16.5. The standard InChI is InChI=1S/C27H36N6O/c1-17(2)18(3)32-15-20-9-10-22(13-21(20)16-32)30-26-25-24(11-12-29-27(25)34)33(31-26)23-8-6-5-7-19(23)14-28-4/h9-14,17-19,23H,5-8,15-16H2,1-4H3,(H,29,34)(H,30,31)/b28-14-/t18-,19-,23+/m1/s1. The van der Waals surface area contributed by atoms with Gasteiger partial charge in [0, 0.05) is 50.2 Å². The highest BCUT2D eigenvalue weighted by molar-refractivity contribution is 5.91. The number of aromatic amines is 1. The lowest BCUT2D eigenvalue weighted by atomic mass is 9.85. The van der Waals surface area contributed by atoms with E-state index in [4.69, 9.17) is 5.10 Å². The SMILES string of the molecule is C/N=C\[C@H]1CCCC[C@@H]1n1nc(Nc2ccc3c(c2)CN([C@H](C)C(C)C)C3)c2c(=O)[nH]ccc21. The second-order valence-corrected chi connectivity index (χ2v) is 10.3. The number of anilines is 2. The number of hydrogen-bond acceptors (Lipinski definition) is 5. The van der Waals surface area contributed by atoms with E-state index in [9.17, 15) is 4.79 Å². The average Bonchev–Trinajstić information content (AvgIpc) is 3.41. The quantitative estimate of drug-likeness (QED) is 0.492. The Morgan fingerprint density at radius 1 is 1.15 bits per heavy atom. The fourth-order valence-electron chi connectivity index (χ4n) is 5.59. The van der Waals surface area contributed by atoms with Crippen LogP contribution in [0.4, 0.5) is 11.5 Å². The lowest BCUT2D eigenvalue weighted by molar-refractivity contribution is 0.170. The molecule has 1 aliphatic carbocycles. The fraction of sp³-hybridized carbons (Fsp3) is 0.519. The van der Waals surface area contributed by atoms with E-state index in [1.54, 1.807) is 6.20 Å². The summed E-state index contributed by atoms with van der Waals surface area (Å²) in [5.41, 5.74) is 4.48. The molecule has 3 atom stereocenters. The van der Waals surface area contributed by atoms with E-state index in [1.807, 2.05) is 13.1 Å². The summed E-state index contributed by atoms with van der Waals surface area (Å²) in [6.07, 6.45) is 8.30. The molecule has 0 saturated heterocycles. The summed E-state index contributed by atoms with van der Waals surface area (Å²) in [7, 11) is 1.83. The first kappa shape index (κ1) is 22.8. The van der Waals surface area contributed by atoms with Gasteiger partial charge in [-0.3, -0.25) is 14.4 Å². The second kappa shape index (κ2) is 9.37. The van der Waals surface area contributed by atoms with Crippen LogP contribution in [0, 0.1) is 11.8 Å². The molecule has 7 heteroatoms. The van der Waals surface area contributed by atoms with Gasteiger partial charge in [-0.15, -0.1) is 0 Å². The van der Waals surface area contributed by atoms with Gasteiger partial charge in [0.25, 0.3) is 5.56 Å². The number of H-pyrrole nitrogens is 1. The van der Waals surface area contributed by atoms with Crippen molar-refractivity contribution in [1.29, 1.82) is 0 Å². The molecule has 2 aromatic heterocycles. The molecule has 180 valence electrons. The molecule has 2 N–H and O–H groups in total. The van der Waals surface area contributed by atoms with Gasteiger partial charge in [0.1, 0.15) is 5.39 Å². The number of hydrogen-bond donors (Lipinski definition) is 2. The molecule has 2 aliphatic rings. The van der Waals surface area contributed by atoms with Gasteiger partial charge in [0.2, 0.25) is 0 Å². The Hall–Kier alpha value is -2.93. The van der Waals surface area contributed by atoms with E-state index < -0.39 is 0 Å². The van der Waals surface area contributed by atoms with Crippen molar-refractivity contribution >= 4 is 28.6 Å². The molecule has 34 heavy (non-hydrogen) atoms. The maximum Gasteiger partial charge on any atom is 0.261 e. The number of nitrogens with one attached hydrogen (secondary N) is 2. The summed E-state index contributed by atoms with van der Waals surface area (Å²) < 4.78 is 2.07. The van der Waals surface area contributed by atoms with Crippen LogP contribution in [0.1, 0.15) is 63.6 Å². The summed E-state index contributed by atoms with van der Waals surface area (Å²) in [5, 5.41) is 9.08. The van der Waals surface area contributed by atoms with Crippen molar-refractivity contribution in [1.82, 2.24) is 19.7 Å². The lowest BCUT2D eigenvalue weighted by Gasteiger charge is -2.29. The largest absolute Gasteiger partial charge is 0.338 e. The van der Waals surface area contributed by atoms with E-state index in [0.717, 1.165) is 37.1 Å². The Bertz CT molecular complexity index is 1260. The molecule has 7 nitrogen and oxygen atoms in total. The van der Waals surface area contributed by atoms with Gasteiger partial charge in [-0.2, -0.15) is 5.10 Å². The van der Waals surface area contributed by atoms with Crippen LogP contribution in [0.3, 0.4) is 0 Å². The number of aromatic nitrogens is 3. The maximum absolute atomic E-state index is 12.9. The molecule has 0 unspecified atom stereocenters. The minimum atomic E-state index is -0.110. The van der Waals surface area contributed by atoms with Crippen molar-refractivity contribution in [3.05, 3.63) is 51.9 Å².